The number of rotatable bonds is 5. The van der Waals surface area contributed by atoms with Crippen molar-refractivity contribution in [1.82, 2.24) is 0 Å². The van der Waals surface area contributed by atoms with Gasteiger partial charge in [0.2, 0.25) is 0 Å². The van der Waals surface area contributed by atoms with Gasteiger partial charge in [0.15, 0.2) is 0 Å². The summed E-state index contributed by atoms with van der Waals surface area (Å²) >= 11 is 0. The maximum atomic E-state index is 9.89. The second kappa shape index (κ2) is 6.76. The molecule has 2 aromatic carbocycles. The monoisotopic (exact) mass is 254 g/mol. The van der Waals surface area contributed by atoms with Crippen LogP contribution in [0.2, 0.25) is 0 Å². The van der Waals surface area contributed by atoms with E-state index in [0.717, 1.165) is 16.9 Å². The molecule has 0 spiro atoms. The Hall–Kier alpha value is -2.06. The first-order valence-corrected chi connectivity index (χ1v) is 6.37. The molecule has 0 bridgehead atoms. The molecule has 0 aromatic heterocycles. The number of aliphatic hydroxyl groups is 1. The Morgan fingerprint density at radius 1 is 1.11 bits per heavy atom. The van der Waals surface area contributed by atoms with Crippen LogP contribution < -0.4 is 4.74 Å². The molecule has 0 amide bonds. The molecular weight excluding hydrogens is 236 g/mol. The molecule has 2 aromatic rings. The van der Waals surface area contributed by atoms with Gasteiger partial charge in [-0.25, -0.2) is 0 Å². The van der Waals surface area contributed by atoms with Gasteiger partial charge < -0.3 is 9.84 Å². The lowest BCUT2D eigenvalue weighted by Crippen LogP contribution is -1.97. The largest absolute Gasteiger partial charge is 0.489 e. The van der Waals surface area contributed by atoms with E-state index in [1.165, 1.54) is 0 Å². The number of hydrogen-bond donors (Lipinski definition) is 1. The van der Waals surface area contributed by atoms with E-state index in [9.17, 15) is 5.11 Å². The molecule has 1 N–H and O–H groups in total. The Morgan fingerprint density at radius 2 is 1.89 bits per heavy atom. The molecule has 2 heteroatoms. The summed E-state index contributed by atoms with van der Waals surface area (Å²) in [5, 5.41) is 9.89. The Kier molecular flexibility index (Phi) is 4.76. The molecule has 0 aliphatic carbocycles. The summed E-state index contributed by atoms with van der Waals surface area (Å²) in [6, 6.07) is 17.6. The minimum atomic E-state index is -0.578. The maximum absolute atomic E-state index is 9.89. The van der Waals surface area contributed by atoms with Crippen LogP contribution in [-0.2, 0) is 6.61 Å². The summed E-state index contributed by atoms with van der Waals surface area (Å²) in [6.07, 6.45) is 3.00. The van der Waals surface area contributed by atoms with E-state index in [2.05, 4.69) is 0 Å². The van der Waals surface area contributed by atoms with Crippen molar-refractivity contribution in [2.24, 2.45) is 0 Å². The van der Waals surface area contributed by atoms with Gasteiger partial charge in [-0.2, -0.15) is 0 Å². The minimum absolute atomic E-state index is 0.532. The van der Waals surface area contributed by atoms with Gasteiger partial charge in [0, 0.05) is 0 Å². The number of hydrogen-bond acceptors (Lipinski definition) is 2. The van der Waals surface area contributed by atoms with Crippen molar-refractivity contribution in [2.45, 2.75) is 19.6 Å². The highest BCUT2D eigenvalue weighted by Gasteiger charge is 2.04. The summed E-state index contributed by atoms with van der Waals surface area (Å²) < 4.78 is 5.73. The molecule has 0 heterocycles. The maximum Gasteiger partial charge on any atom is 0.120 e. The predicted molar refractivity (Wildman–Crippen MR) is 77.0 cm³/mol. The first kappa shape index (κ1) is 13.4. The van der Waals surface area contributed by atoms with Gasteiger partial charge in [-0.15, -0.1) is 0 Å². The van der Waals surface area contributed by atoms with Crippen LogP contribution in [0.15, 0.2) is 66.7 Å². The van der Waals surface area contributed by atoms with Crippen LogP contribution in [0, 0.1) is 0 Å². The van der Waals surface area contributed by atoms with E-state index in [4.69, 9.17) is 4.74 Å². The SMILES string of the molecule is CC=CC(O)c1cccc(OCc2ccccc2)c1. The van der Waals surface area contributed by atoms with Gasteiger partial charge >= 0.3 is 0 Å². The van der Waals surface area contributed by atoms with Crippen molar-refractivity contribution in [3.05, 3.63) is 77.9 Å². The van der Waals surface area contributed by atoms with Gasteiger partial charge in [0.05, 0.1) is 6.10 Å². The second-order valence-electron chi connectivity index (χ2n) is 4.32. The average Bonchev–Trinajstić information content (AvgIpc) is 2.47. The van der Waals surface area contributed by atoms with E-state index in [1.54, 1.807) is 6.08 Å². The highest BCUT2D eigenvalue weighted by atomic mass is 16.5. The van der Waals surface area contributed by atoms with Crippen molar-refractivity contribution in [2.75, 3.05) is 0 Å². The van der Waals surface area contributed by atoms with Gasteiger partial charge in [-0.1, -0.05) is 54.6 Å². The molecular formula is C17H18O2. The molecule has 19 heavy (non-hydrogen) atoms. The van der Waals surface area contributed by atoms with E-state index in [1.807, 2.05) is 67.6 Å². The second-order valence-corrected chi connectivity index (χ2v) is 4.32. The van der Waals surface area contributed by atoms with Crippen molar-refractivity contribution in [3.8, 4) is 5.75 Å². The Morgan fingerprint density at radius 3 is 2.63 bits per heavy atom. The third-order valence-electron chi connectivity index (χ3n) is 2.82. The quantitative estimate of drug-likeness (QED) is 0.821. The number of benzene rings is 2. The van der Waals surface area contributed by atoms with Crippen LogP contribution in [0.5, 0.6) is 5.75 Å². The van der Waals surface area contributed by atoms with E-state index in [-0.39, 0.29) is 0 Å². The molecule has 0 fully saturated rings. The van der Waals surface area contributed by atoms with Gasteiger partial charge in [0.1, 0.15) is 12.4 Å². The zero-order valence-corrected chi connectivity index (χ0v) is 11.0. The number of allylic oxidation sites excluding steroid dienone is 1. The van der Waals surface area contributed by atoms with Gasteiger partial charge in [-0.3, -0.25) is 0 Å². The third kappa shape index (κ3) is 3.97. The highest BCUT2D eigenvalue weighted by molar-refractivity contribution is 5.31. The van der Waals surface area contributed by atoms with Gasteiger partial charge in [0.25, 0.3) is 0 Å². The molecule has 0 saturated carbocycles. The van der Waals surface area contributed by atoms with Crippen LogP contribution in [-0.4, -0.2) is 5.11 Å². The fourth-order valence-corrected chi connectivity index (χ4v) is 1.82. The van der Waals surface area contributed by atoms with Crippen LogP contribution in [0.25, 0.3) is 0 Å². The summed E-state index contributed by atoms with van der Waals surface area (Å²) in [5.74, 6) is 0.768. The lowest BCUT2D eigenvalue weighted by molar-refractivity contribution is 0.227. The molecule has 0 aliphatic rings. The highest BCUT2D eigenvalue weighted by Crippen LogP contribution is 2.21. The zero-order chi connectivity index (χ0) is 13.5. The van der Waals surface area contributed by atoms with Crippen molar-refractivity contribution < 1.29 is 9.84 Å². The van der Waals surface area contributed by atoms with Crippen LogP contribution >= 0.6 is 0 Å². The lowest BCUT2D eigenvalue weighted by atomic mass is 10.1. The third-order valence-corrected chi connectivity index (χ3v) is 2.82. The molecule has 0 saturated heterocycles. The van der Waals surface area contributed by atoms with E-state index >= 15 is 0 Å². The van der Waals surface area contributed by atoms with Crippen molar-refractivity contribution >= 4 is 0 Å². The summed E-state index contributed by atoms with van der Waals surface area (Å²) in [5.41, 5.74) is 1.96. The first-order chi connectivity index (χ1) is 9.29. The fraction of sp³-hybridized carbons (Fsp3) is 0.176. The van der Waals surface area contributed by atoms with Gasteiger partial charge in [-0.05, 0) is 30.2 Å². The molecule has 2 nitrogen and oxygen atoms in total. The molecule has 0 aliphatic heterocycles. The lowest BCUT2D eigenvalue weighted by Gasteiger charge is -2.10. The van der Waals surface area contributed by atoms with Crippen LogP contribution in [0.4, 0.5) is 0 Å². The molecule has 2 rings (SSSR count). The van der Waals surface area contributed by atoms with Crippen LogP contribution in [0.3, 0.4) is 0 Å². The topological polar surface area (TPSA) is 29.5 Å². The van der Waals surface area contributed by atoms with Crippen molar-refractivity contribution in [1.29, 1.82) is 0 Å². The van der Waals surface area contributed by atoms with Crippen LogP contribution in [0.1, 0.15) is 24.2 Å². The molecule has 98 valence electrons. The normalized spacial score (nSPS) is 12.5. The van der Waals surface area contributed by atoms with Crippen molar-refractivity contribution in [3.63, 3.8) is 0 Å². The summed E-state index contributed by atoms with van der Waals surface area (Å²) in [6.45, 7) is 2.42. The Labute approximate surface area is 114 Å². The molecule has 1 atom stereocenters. The Balaban J connectivity index is 2.03. The minimum Gasteiger partial charge on any atom is -0.489 e. The number of ether oxygens (including phenoxy) is 1. The molecule has 1 unspecified atom stereocenters. The van der Waals surface area contributed by atoms with E-state index in [0.29, 0.717) is 6.61 Å². The number of aliphatic hydroxyl groups excluding tert-OH is 1. The standard InChI is InChI=1S/C17H18O2/c1-2-7-17(18)15-10-6-11-16(12-15)19-13-14-8-4-3-5-9-14/h2-12,17-18H,13H2,1H3. The molecule has 0 radical (unpaired) electrons. The predicted octanol–water partition coefficient (Wildman–Crippen LogP) is 3.88. The summed E-state index contributed by atoms with van der Waals surface area (Å²) in [4.78, 5) is 0. The first-order valence-electron chi connectivity index (χ1n) is 6.37. The smallest absolute Gasteiger partial charge is 0.120 e. The fourth-order valence-electron chi connectivity index (χ4n) is 1.82. The summed E-state index contributed by atoms with van der Waals surface area (Å²) in [7, 11) is 0. The Bertz CT molecular complexity index is 532. The van der Waals surface area contributed by atoms with E-state index < -0.39 is 6.10 Å². The average molecular weight is 254 g/mol. The zero-order valence-electron chi connectivity index (χ0n) is 11.0.